The fourth-order valence-corrected chi connectivity index (χ4v) is 4.46. The predicted molar refractivity (Wildman–Crippen MR) is 129 cm³/mol. The van der Waals surface area contributed by atoms with Gasteiger partial charge in [-0.3, -0.25) is 4.79 Å². The molecule has 0 bridgehead atoms. The van der Waals surface area contributed by atoms with Crippen LogP contribution in [0, 0.1) is 0 Å². The number of carbonyl (C=O) groups excluding carboxylic acids is 1. The number of aromatic nitrogens is 3. The molecule has 36 heavy (non-hydrogen) atoms. The van der Waals surface area contributed by atoms with Crippen LogP contribution in [0.4, 0.5) is 13.2 Å². The molecule has 2 aromatic heterocycles. The molecular weight excluding hydrogens is 475 g/mol. The Bertz CT molecular complexity index is 1440. The van der Waals surface area contributed by atoms with Gasteiger partial charge in [-0.2, -0.15) is 13.2 Å². The highest BCUT2D eigenvalue weighted by Gasteiger charge is 2.38. The van der Waals surface area contributed by atoms with Crippen LogP contribution in [0.1, 0.15) is 23.2 Å². The van der Waals surface area contributed by atoms with E-state index in [1.165, 1.54) is 10.9 Å². The van der Waals surface area contributed by atoms with E-state index in [0.717, 1.165) is 41.8 Å². The largest absolute Gasteiger partial charge is 0.490 e. The lowest BCUT2D eigenvalue weighted by molar-refractivity contribution is -0.192. The molecule has 3 N–H and O–H groups in total. The van der Waals surface area contributed by atoms with Crippen molar-refractivity contribution in [3.8, 4) is 11.4 Å². The van der Waals surface area contributed by atoms with E-state index in [-0.39, 0.29) is 11.9 Å². The van der Waals surface area contributed by atoms with E-state index in [0.29, 0.717) is 12.1 Å². The van der Waals surface area contributed by atoms with Crippen molar-refractivity contribution < 1.29 is 27.9 Å². The van der Waals surface area contributed by atoms with Crippen LogP contribution in [0.5, 0.6) is 0 Å². The molecule has 11 heteroatoms. The lowest BCUT2D eigenvalue weighted by Crippen LogP contribution is -2.45. The number of aliphatic carboxylic acids is 1. The summed E-state index contributed by atoms with van der Waals surface area (Å²) in [6.07, 6.45) is -1.02. The Morgan fingerprint density at radius 3 is 2.47 bits per heavy atom. The van der Waals surface area contributed by atoms with Crippen LogP contribution < -0.4 is 5.73 Å². The van der Waals surface area contributed by atoms with Crippen molar-refractivity contribution in [3.05, 3.63) is 54.2 Å². The first-order chi connectivity index (χ1) is 17.0. The number of aryl methyl sites for hydroxylation is 2. The number of carboxylic acid groups (broad SMARTS) is 1. The van der Waals surface area contributed by atoms with Gasteiger partial charge in [0.15, 0.2) is 0 Å². The third kappa shape index (κ3) is 4.92. The van der Waals surface area contributed by atoms with Gasteiger partial charge in [0.2, 0.25) is 0 Å². The second kappa shape index (κ2) is 9.65. The van der Waals surface area contributed by atoms with Gasteiger partial charge in [-0.1, -0.05) is 18.2 Å². The standard InChI is InChI=1S/C23H25N5O.C2HF3O2/c1-26-14-18(17-7-3-4-8-20(17)26)22-25-19-10-9-15(12-21(19)27(22)2)23(29)28-11-5-6-16(24)13-28;3-2(4,5)1(6)7/h3-4,7-10,12,14,16H,5-6,11,13,24H2,1-2H3;(H,6,7). The Kier molecular flexibility index (Phi) is 6.77. The molecule has 0 aliphatic carbocycles. The zero-order chi connectivity index (χ0) is 26.2. The molecule has 0 radical (unpaired) electrons. The van der Waals surface area contributed by atoms with E-state index < -0.39 is 12.1 Å². The number of nitrogens with two attached hydrogens (primary N) is 1. The van der Waals surface area contributed by atoms with E-state index in [4.69, 9.17) is 20.6 Å². The fraction of sp³-hybridized carbons (Fsp3) is 0.320. The maximum Gasteiger partial charge on any atom is 0.490 e. The molecule has 1 atom stereocenters. The number of halogens is 3. The summed E-state index contributed by atoms with van der Waals surface area (Å²) in [6, 6.07) is 14.2. The summed E-state index contributed by atoms with van der Waals surface area (Å²) in [4.78, 5) is 28.6. The molecule has 3 heterocycles. The number of para-hydroxylation sites is 1. The summed E-state index contributed by atoms with van der Waals surface area (Å²) < 4.78 is 35.9. The van der Waals surface area contributed by atoms with Crippen molar-refractivity contribution in [2.45, 2.75) is 25.1 Å². The summed E-state index contributed by atoms with van der Waals surface area (Å²) in [5.74, 6) is -1.80. The number of alkyl halides is 3. The lowest BCUT2D eigenvalue weighted by atomic mass is 10.1. The van der Waals surface area contributed by atoms with Crippen LogP contribution in [0.2, 0.25) is 0 Å². The van der Waals surface area contributed by atoms with E-state index in [1.54, 1.807) is 0 Å². The molecule has 1 saturated heterocycles. The molecular formula is C25H26F3N5O3. The number of piperidine rings is 1. The Morgan fingerprint density at radius 2 is 1.81 bits per heavy atom. The van der Waals surface area contributed by atoms with Crippen LogP contribution >= 0.6 is 0 Å². The third-order valence-electron chi connectivity index (χ3n) is 6.25. The molecule has 4 aromatic rings. The van der Waals surface area contributed by atoms with Gasteiger partial charge in [0.05, 0.1) is 11.0 Å². The molecule has 1 amide bonds. The number of carbonyl (C=O) groups is 2. The molecule has 2 aromatic carbocycles. The minimum atomic E-state index is -5.08. The second-order valence-electron chi connectivity index (χ2n) is 8.83. The molecule has 5 rings (SSSR count). The predicted octanol–water partition coefficient (Wildman–Crippen LogP) is 3.93. The average molecular weight is 502 g/mol. The van der Waals surface area contributed by atoms with Crippen molar-refractivity contribution >= 4 is 33.8 Å². The summed E-state index contributed by atoms with van der Waals surface area (Å²) >= 11 is 0. The van der Waals surface area contributed by atoms with Crippen molar-refractivity contribution in [1.29, 1.82) is 0 Å². The summed E-state index contributed by atoms with van der Waals surface area (Å²) in [5.41, 5.74) is 10.9. The maximum absolute atomic E-state index is 13.0. The van der Waals surface area contributed by atoms with E-state index >= 15 is 0 Å². The van der Waals surface area contributed by atoms with Crippen LogP contribution in [-0.4, -0.2) is 61.3 Å². The first-order valence-electron chi connectivity index (χ1n) is 11.3. The monoisotopic (exact) mass is 501 g/mol. The van der Waals surface area contributed by atoms with Gasteiger partial charge in [-0.05, 0) is 37.1 Å². The van der Waals surface area contributed by atoms with Crippen LogP contribution in [0.3, 0.4) is 0 Å². The van der Waals surface area contributed by atoms with Crippen LogP contribution in [-0.2, 0) is 18.9 Å². The molecule has 1 fully saturated rings. The Morgan fingerprint density at radius 1 is 1.11 bits per heavy atom. The summed E-state index contributed by atoms with van der Waals surface area (Å²) in [7, 11) is 4.06. The number of carboxylic acids is 1. The first-order valence-corrected chi connectivity index (χ1v) is 11.3. The molecule has 1 aliphatic rings. The Hall–Kier alpha value is -3.86. The fourth-order valence-electron chi connectivity index (χ4n) is 4.46. The third-order valence-corrected chi connectivity index (χ3v) is 6.25. The first kappa shape index (κ1) is 25.2. The minimum Gasteiger partial charge on any atom is -0.475 e. The van der Waals surface area contributed by atoms with Crippen molar-refractivity contribution in [3.63, 3.8) is 0 Å². The van der Waals surface area contributed by atoms with E-state index in [2.05, 4.69) is 40.6 Å². The van der Waals surface area contributed by atoms with E-state index in [1.807, 2.05) is 36.2 Å². The highest BCUT2D eigenvalue weighted by atomic mass is 19.4. The minimum absolute atomic E-state index is 0.0509. The number of imidazole rings is 1. The topological polar surface area (TPSA) is 106 Å². The van der Waals surface area contributed by atoms with Gasteiger partial charge in [-0.25, -0.2) is 9.78 Å². The van der Waals surface area contributed by atoms with Gasteiger partial charge < -0.3 is 24.9 Å². The number of amides is 1. The number of nitrogens with zero attached hydrogens (tertiary/aromatic N) is 4. The molecule has 0 spiro atoms. The zero-order valence-corrected chi connectivity index (χ0v) is 19.8. The summed E-state index contributed by atoms with van der Waals surface area (Å²) in [6.45, 7) is 1.40. The highest BCUT2D eigenvalue weighted by Crippen LogP contribution is 2.31. The lowest BCUT2D eigenvalue weighted by Gasteiger charge is -2.30. The molecule has 1 aliphatic heterocycles. The van der Waals surface area contributed by atoms with Crippen LogP contribution in [0.25, 0.3) is 33.3 Å². The molecule has 0 saturated carbocycles. The average Bonchev–Trinajstić information content (AvgIpc) is 3.35. The second-order valence-corrected chi connectivity index (χ2v) is 8.83. The summed E-state index contributed by atoms with van der Waals surface area (Å²) in [5, 5.41) is 8.30. The molecule has 190 valence electrons. The number of hydrogen-bond donors (Lipinski definition) is 2. The number of hydrogen-bond acceptors (Lipinski definition) is 4. The number of fused-ring (bicyclic) bond motifs is 2. The maximum atomic E-state index is 13.0. The molecule has 1 unspecified atom stereocenters. The molecule has 8 nitrogen and oxygen atoms in total. The number of benzene rings is 2. The van der Waals surface area contributed by atoms with E-state index in [9.17, 15) is 18.0 Å². The van der Waals surface area contributed by atoms with Crippen molar-refractivity contribution in [2.24, 2.45) is 19.8 Å². The number of likely N-dealkylation sites (tertiary alicyclic amines) is 1. The zero-order valence-electron chi connectivity index (χ0n) is 19.8. The van der Waals surface area contributed by atoms with Gasteiger partial charge in [0, 0.05) is 61.5 Å². The van der Waals surface area contributed by atoms with Crippen LogP contribution in [0.15, 0.2) is 48.7 Å². The van der Waals surface area contributed by atoms with Gasteiger partial charge in [-0.15, -0.1) is 0 Å². The van der Waals surface area contributed by atoms with Gasteiger partial charge >= 0.3 is 12.1 Å². The quantitative estimate of drug-likeness (QED) is 0.433. The Balaban J connectivity index is 0.000000384. The highest BCUT2D eigenvalue weighted by molar-refractivity contribution is 5.99. The smallest absolute Gasteiger partial charge is 0.475 e. The van der Waals surface area contributed by atoms with Crippen molar-refractivity contribution in [1.82, 2.24) is 19.0 Å². The van der Waals surface area contributed by atoms with Gasteiger partial charge in [0.1, 0.15) is 5.82 Å². The Labute approximate surface area is 204 Å². The normalized spacial score (nSPS) is 16.2. The van der Waals surface area contributed by atoms with Crippen molar-refractivity contribution in [2.75, 3.05) is 13.1 Å². The number of rotatable bonds is 2. The van der Waals surface area contributed by atoms with Gasteiger partial charge in [0.25, 0.3) is 5.91 Å². The SMILES string of the molecule is Cn1cc(-c2nc3ccc(C(=O)N4CCCC(N)C4)cc3n2C)c2ccccc21.O=C(O)C(F)(F)F.